The molecule has 0 unspecified atom stereocenters. The molecule has 3 aromatic rings. The molecule has 0 fully saturated rings. The lowest BCUT2D eigenvalue weighted by Gasteiger charge is -2.14. The largest absolute Gasteiger partial charge is 0.497 e. The van der Waals surface area contributed by atoms with Gasteiger partial charge in [-0.05, 0) is 45.3 Å². The molecular formula is C19H25ClN2O2. The molecule has 0 N–H and O–H groups in total. The maximum Gasteiger partial charge on any atom is 0.123 e. The van der Waals surface area contributed by atoms with Crippen LogP contribution in [-0.2, 0) is 6.54 Å². The zero-order chi connectivity index (χ0) is 16.6. The lowest BCUT2D eigenvalue weighted by atomic mass is 10.1. The maximum atomic E-state index is 5.53. The van der Waals surface area contributed by atoms with Crippen LogP contribution in [0.5, 0.6) is 11.5 Å². The van der Waals surface area contributed by atoms with E-state index in [9.17, 15) is 0 Å². The molecule has 4 nitrogen and oxygen atoms in total. The van der Waals surface area contributed by atoms with Gasteiger partial charge in [0.1, 0.15) is 11.5 Å². The van der Waals surface area contributed by atoms with Gasteiger partial charge in [-0.3, -0.25) is 0 Å². The van der Waals surface area contributed by atoms with Crippen molar-refractivity contribution >= 4 is 34.2 Å². The molecule has 0 amide bonds. The number of benzene rings is 2. The van der Waals surface area contributed by atoms with Crippen LogP contribution < -0.4 is 9.47 Å². The van der Waals surface area contributed by atoms with E-state index in [1.807, 2.05) is 6.07 Å². The molecule has 1 heterocycles. The Morgan fingerprint density at radius 1 is 1.00 bits per heavy atom. The summed E-state index contributed by atoms with van der Waals surface area (Å²) in [7, 11) is 7.63. The third kappa shape index (κ3) is 3.04. The number of likely N-dealkylation sites (N-methyl/N-ethyl adjacent to an activating group) is 1. The SMILES string of the molecule is COc1ccc2c3ccc(OC)c(C)c3n(CCN(C)C)c2c1.Cl. The molecule has 0 saturated carbocycles. The smallest absolute Gasteiger partial charge is 0.123 e. The number of hydrogen-bond acceptors (Lipinski definition) is 3. The molecular weight excluding hydrogens is 324 g/mol. The summed E-state index contributed by atoms with van der Waals surface area (Å²) in [4.78, 5) is 2.20. The van der Waals surface area contributed by atoms with E-state index >= 15 is 0 Å². The summed E-state index contributed by atoms with van der Waals surface area (Å²) in [5.74, 6) is 1.81. The minimum absolute atomic E-state index is 0. The Bertz CT molecular complexity index is 856. The highest BCUT2D eigenvalue weighted by Crippen LogP contribution is 2.36. The molecule has 0 aliphatic rings. The Labute approximate surface area is 149 Å². The van der Waals surface area contributed by atoms with Crippen LogP contribution >= 0.6 is 12.4 Å². The third-order valence-electron chi connectivity index (χ3n) is 4.43. The average Bonchev–Trinajstić information content (AvgIpc) is 2.87. The van der Waals surface area contributed by atoms with Gasteiger partial charge in [-0.15, -0.1) is 12.4 Å². The molecule has 24 heavy (non-hydrogen) atoms. The fraction of sp³-hybridized carbons (Fsp3) is 0.368. The topological polar surface area (TPSA) is 26.6 Å². The molecule has 0 aliphatic heterocycles. The Kier molecular flexibility index (Phi) is 5.62. The average molecular weight is 349 g/mol. The van der Waals surface area contributed by atoms with Crippen molar-refractivity contribution in [1.29, 1.82) is 0 Å². The van der Waals surface area contributed by atoms with Gasteiger partial charge in [0, 0.05) is 35.5 Å². The van der Waals surface area contributed by atoms with Gasteiger partial charge in [0.15, 0.2) is 0 Å². The molecule has 5 heteroatoms. The van der Waals surface area contributed by atoms with E-state index in [4.69, 9.17) is 9.47 Å². The molecule has 0 atom stereocenters. The van der Waals surface area contributed by atoms with Crippen LogP contribution in [0, 0.1) is 6.92 Å². The van der Waals surface area contributed by atoms with E-state index in [0.29, 0.717) is 0 Å². The number of rotatable bonds is 5. The van der Waals surface area contributed by atoms with E-state index in [0.717, 1.165) is 24.6 Å². The van der Waals surface area contributed by atoms with Crippen LogP contribution in [-0.4, -0.2) is 44.3 Å². The van der Waals surface area contributed by atoms with Crippen LogP contribution in [0.25, 0.3) is 21.8 Å². The zero-order valence-corrected chi connectivity index (χ0v) is 15.7. The van der Waals surface area contributed by atoms with Crippen LogP contribution in [0.4, 0.5) is 0 Å². The first-order valence-electron chi connectivity index (χ1n) is 7.85. The summed E-state index contributed by atoms with van der Waals surface area (Å²) in [6.07, 6.45) is 0. The number of methoxy groups -OCH3 is 2. The summed E-state index contributed by atoms with van der Waals surface area (Å²) in [6, 6.07) is 10.5. The first-order chi connectivity index (χ1) is 11.1. The van der Waals surface area contributed by atoms with Crippen molar-refractivity contribution in [1.82, 2.24) is 9.47 Å². The molecule has 0 saturated heterocycles. The highest BCUT2D eigenvalue weighted by atomic mass is 35.5. The Morgan fingerprint density at radius 3 is 2.33 bits per heavy atom. The first-order valence-corrected chi connectivity index (χ1v) is 7.85. The predicted octanol–water partition coefficient (Wildman–Crippen LogP) is 4.10. The Balaban J connectivity index is 0.00000208. The second-order valence-electron chi connectivity index (χ2n) is 6.13. The van der Waals surface area contributed by atoms with Crippen molar-refractivity contribution in [3.8, 4) is 11.5 Å². The molecule has 0 bridgehead atoms. The van der Waals surface area contributed by atoms with Crippen molar-refractivity contribution in [2.24, 2.45) is 0 Å². The first kappa shape index (κ1) is 18.4. The predicted molar refractivity (Wildman–Crippen MR) is 103 cm³/mol. The fourth-order valence-electron chi connectivity index (χ4n) is 3.21. The highest BCUT2D eigenvalue weighted by Gasteiger charge is 2.15. The van der Waals surface area contributed by atoms with Crippen molar-refractivity contribution in [3.05, 3.63) is 35.9 Å². The minimum atomic E-state index is 0. The lowest BCUT2D eigenvalue weighted by Crippen LogP contribution is -2.18. The van der Waals surface area contributed by atoms with E-state index in [1.165, 1.54) is 27.4 Å². The van der Waals surface area contributed by atoms with Crippen molar-refractivity contribution in [3.63, 3.8) is 0 Å². The lowest BCUT2D eigenvalue weighted by molar-refractivity contribution is 0.388. The van der Waals surface area contributed by atoms with Crippen molar-refractivity contribution in [2.45, 2.75) is 13.5 Å². The van der Waals surface area contributed by atoms with Crippen LogP contribution in [0.3, 0.4) is 0 Å². The number of halogens is 1. The van der Waals surface area contributed by atoms with Gasteiger partial charge in [-0.1, -0.05) is 0 Å². The van der Waals surface area contributed by atoms with Gasteiger partial charge in [0.05, 0.1) is 25.3 Å². The van der Waals surface area contributed by atoms with E-state index in [2.05, 4.69) is 54.8 Å². The van der Waals surface area contributed by atoms with E-state index < -0.39 is 0 Å². The molecule has 2 aromatic carbocycles. The van der Waals surface area contributed by atoms with Crippen LogP contribution in [0.1, 0.15) is 5.56 Å². The number of aromatic nitrogens is 1. The number of fused-ring (bicyclic) bond motifs is 3. The maximum absolute atomic E-state index is 5.53. The van der Waals surface area contributed by atoms with Crippen LogP contribution in [0.2, 0.25) is 0 Å². The van der Waals surface area contributed by atoms with E-state index in [1.54, 1.807) is 14.2 Å². The number of nitrogens with zero attached hydrogens (tertiary/aromatic N) is 2. The van der Waals surface area contributed by atoms with Gasteiger partial charge in [-0.2, -0.15) is 0 Å². The van der Waals surface area contributed by atoms with Gasteiger partial charge < -0.3 is 18.9 Å². The molecule has 0 spiro atoms. The molecule has 0 radical (unpaired) electrons. The van der Waals surface area contributed by atoms with Crippen molar-refractivity contribution < 1.29 is 9.47 Å². The molecule has 3 rings (SSSR count). The summed E-state index contributed by atoms with van der Waals surface area (Å²) >= 11 is 0. The number of hydrogen-bond donors (Lipinski definition) is 0. The second-order valence-corrected chi connectivity index (χ2v) is 6.13. The second kappa shape index (κ2) is 7.32. The third-order valence-corrected chi connectivity index (χ3v) is 4.43. The highest BCUT2D eigenvalue weighted by molar-refractivity contribution is 6.10. The summed E-state index contributed by atoms with van der Waals surface area (Å²) in [6.45, 7) is 4.03. The zero-order valence-electron chi connectivity index (χ0n) is 14.9. The minimum Gasteiger partial charge on any atom is -0.497 e. The van der Waals surface area contributed by atoms with Crippen molar-refractivity contribution in [2.75, 3.05) is 34.9 Å². The molecule has 0 aliphatic carbocycles. The Morgan fingerprint density at radius 2 is 1.71 bits per heavy atom. The van der Waals surface area contributed by atoms with Gasteiger partial charge in [0.25, 0.3) is 0 Å². The number of aryl methyl sites for hydroxylation is 1. The molecule has 1 aromatic heterocycles. The van der Waals surface area contributed by atoms with E-state index in [-0.39, 0.29) is 12.4 Å². The summed E-state index contributed by atoms with van der Waals surface area (Å²) in [5.41, 5.74) is 3.63. The van der Waals surface area contributed by atoms with Crippen LogP contribution in [0.15, 0.2) is 30.3 Å². The normalized spacial score (nSPS) is 11.1. The molecule has 130 valence electrons. The monoisotopic (exact) mass is 348 g/mol. The van der Waals surface area contributed by atoms with Gasteiger partial charge in [0.2, 0.25) is 0 Å². The van der Waals surface area contributed by atoms with Gasteiger partial charge >= 0.3 is 0 Å². The Hall–Kier alpha value is -1.91. The summed E-state index contributed by atoms with van der Waals surface area (Å²) < 4.78 is 13.3. The quantitative estimate of drug-likeness (QED) is 0.694. The standard InChI is InChI=1S/C19H24N2O2.ClH/c1-13-18(23-5)9-8-16-15-7-6-14(22-4)12-17(15)21(19(13)16)11-10-20(2)3;/h6-9,12H,10-11H2,1-5H3;1H. The number of ether oxygens (including phenoxy) is 2. The fourth-order valence-corrected chi connectivity index (χ4v) is 3.21. The summed E-state index contributed by atoms with van der Waals surface area (Å²) in [5, 5.41) is 2.52. The van der Waals surface area contributed by atoms with Gasteiger partial charge in [-0.25, -0.2) is 0 Å².